The molecule has 0 aliphatic heterocycles. The van der Waals surface area contributed by atoms with Gasteiger partial charge in [0.2, 0.25) is 0 Å². The third-order valence-corrected chi connectivity index (χ3v) is 3.70. The second-order valence-corrected chi connectivity index (χ2v) is 5.56. The maximum atomic E-state index is 5.26. The van der Waals surface area contributed by atoms with Crippen LogP contribution in [0, 0.1) is 0 Å². The van der Waals surface area contributed by atoms with Crippen molar-refractivity contribution in [2.24, 2.45) is 4.99 Å². The van der Waals surface area contributed by atoms with E-state index in [0.29, 0.717) is 0 Å². The van der Waals surface area contributed by atoms with Crippen molar-refractivity contribution >= 4 is 29.9 Å². The number of guanidine groups is 1. The van der Waals surface area contributed by atoms with E-state index in [0.717, 1.165) is 50.7 Å². The third-order valence-electron chi connectivity index (χ3n) is 3.70. The van der Waals surface area contributed by atoms with Gasteiger partial charge in [-0.3, -0.25) is 4.99 Å². The van der Waals surface area contributed by atoms with Gasteiger partial charge in [0.1, 0.15) is 5.75 Å². The Hall–Kier alpha value is -1.70. The molecule has 0 atom stereocenters. The van der Waals surface area contributed by atoms with E-state index >= 15 is 0 Å². The smallest absolute Gasteiger partial charge is 0.191 e. The van der Waals surface area contributed by atoms with E-state index in [2.05, 4.69) is 51.6 Å². The summed E-state index contributed by atoms with van der Waals surface area (Å²) in [6.07, 6.45) is 6.16. The molecule has 138 valence electrons. The van der Waals surface area contributed by atoms with Crippen molar-refractivity contribution in [3.8, 4) is 5.75 Å². The van der Waals surface area contributed by atoms with Gasteiger partial charge in [0.25, 0.3) is 0 Å². The van der Waals surface area contributed by atoms with Crippen LogP contribution in [0.5, 0.6) is 5.75 Å². The average molecular weight is 456 g/mol. The first-order chi connectivity index (χ1) is 11.8. The summed E-state index contributed by atoms with van der Waals surface area (Å²) in [6.45, 7) is 5.54. The number of aliphatic imine (C=N–C) groups is 1. The van der Waals surface area contributed by atoms with Gasteiger partial charge in [-0.25, -0.2) is 0 Å². The van der Waals surface area contributed by atoms with Crippen LogP contribution in [0.4, 0.5) is 0 Å². The quantitative estimate of drug-likeness (QED) is 0.264. The Bertz CT molecular complexity index is 614. The molecule has 0 unspecified atom stereocenters. The molecule has 0 amide bonds. The van der Waals surface area contributed by atoms with E-state index in [1.807, 2.05) is 24.3 Å². The zero-order valence-corrected chi connectivity index (χ0v) is 17.4. The number of benzene rings is 1. The monoisotopic (exact) mass is 456 g/mol. The minimum atomic E-state index is 0. The van der Waals surface area contributed by atoms with Crippen molar-refractivity contribution in [1.82, 2.24) is 15.2 Å². The number of halogens is 1. The molecule has 0 saturated carbocycles. The molecule has 0 aliphatic rings. The van der Waals surface area contributed by atoms with Crippen molar-refractivity contribution < 1.29 is 4.74 Å². The third kappa shape index (κ3) is 8.29. The van der Waals surface area contributed by atoms with Crippen LogP contribution in [0.1, 0.15) is 18.9 Å². The summed E-state index contributed by atoms with van der Waals surface area (Å²) in [5, 5.41) is 6.66. The van der Waals surface area contributed by atoms with Gasteiger partial charge in [-0.1, -0.05) is 12.1 Å². The molecule has 0 bridgehead atoms. The van der Waals surface area contributed by atoms with Gasteiger partial charge < -0.3 is 19.9 Å². The zero-order valence-electron chi connectivity index (χ0n) is 15.1. The Labute approximate surface area is 167 Å². The molecule has 1 aromatic heterocycles. The molecule has 1 aromatic carbocycles. The van der Waals surface area contributed by atoms with E-state index in [1.165, 1.54) is 5.56 Å². The van der Waals surface area contributed by atoms with Crippen LogP contribution in [0.25, 0.3) is 0 Å². The first kappa shape index (κ1) is 21.3. The van der Waals surface area contributed by atoms with Gasteiger partial charge in [-0.2, -0.15) is 0 Å². The fraction of sp³-hybridized carbons (Fsp3) is 0.421. The summed E-state index contributed by atoms with van der Waals surface area (Å²) in [6, 6.07) is 12.3. The van der Waals surface area contributed by atoms with Gasteiger partial charge in [0, 0.05) is 38.6 Å². The fourth-order valence-electron chi connectivity index (χ4n) is 2.47. The molecule has 25 heavy (non-hydrogen) atoms. The summed E-state index contributed by atoms with van der Waals surface area (Å²) < 4.78 is 7.41. The fourth-order valence-corrected chi connectivity index (χ4v) is 2.47. The van der Waals surface area contributed by atoms with E-state index in [-0.39, 0.29) is 24.0 Å². The normalized spacial score (nSPS) is 10.9. The van der Waals surface area contributed by atoms with Gasteiger partial charge in [0.05, 0.1) is 7.11 Å². The lowest BCUT2D eigenvalue weighted by Crippen LogP contribution is -2.38. The molecule has 1 heterocycles. The molecule has 0 fully saturated rings. The van der Waals surface area contributed by atoms with Crippen molar-refractivity contribution in [3.63, 3.8) is 0 Å². The maximum Gasteiger partial charge on any atom is 0.191 e. The summed E-state index contributed by atoms with van der Waals surface area (Å²) in [5.41, 5.74) is 1.29. The Balaban J connectivity index is 0.00000312. The minimum absolute atomic E-state index is 0. The van der Waals surface area contributed by atoms with Crippen LogP contribution in [0.2, 0.25) is 0 Å². The highest BCUT2D eigenvalue weighted by Crippen LogP contribution is 2.13. The van der Waals surface area contributed by atoms with Crippen LogP contribution in [0.15, 0.2) is 53.8 Å². The highest BCUT2D eigenvalue weighted by atomic mass is 127. The van der Waals surface area contributed by atoms with Gasteiger partial charge in [0.15, 0.2) is 5.96 Å². The molecular weight excluding hydrogens is 427 g/mol. The summed E-state index contributed by atoms with van der Waals surface area (Å²) in [4.78, 5) is 4.64. The predicted molar refractivity (Wildman–Crippen MR) is 115 cm³/mol. The number of aryl methyl sites for hydroxylation is 1. The van der Waals surface area contributed by atoms with E-state index in [4.69, 9.17) is 4.74 Å². The SMILES string of the molecule is CCNC(=NCCCc1cccc(OC)c1)NCCn1cccc1.I. The van der Waals surface area contributed by atoms with E-state index < -0.39 is 0 Å². The molecular formula is C19H29IN4O. The number of methoxy groups -OCH3 is 1. The highest BCUT2D eigenvalue weighted by molar-refractivity contribution is 14.0. The lowest BCUT2D eigenvalue weighted by atomic mass is 10.1. The highest BCUT2D eigenvalue weighted by Gasteiger charge is 1.98. The number of nitrogens with zero attached hydrogens (tertiary/aromatic N) is 2. The Morgan fingerprint density at radius 3 is 2.68 bits per heavy atom. The molecule has 2 N–H and O–H groups in total. The van der Waals surface area contributed by atoms with Crippen LogP contribution < -0.4 is 15.4 Å². The molecule has 5 nitrogen and oxygen atoms in total. The van der Waals surface area contributed by atoms with Crippen LogP contribution in [-0.2, 0) is 13.0 Å². The van der Waals surface area contributed by atoms with Crippen LogP contribution in [0.3, 0.4) is 0 Å². The topological polar surface area (TPSA) is 50.6 Å². The zero-order chi connectivity index (χ0) is 17.0. The standard InChI is InChI=1S/C19H28N4O.HI/c1-3-20-19(22-12-15-23-13-4-5-14-23)21-11-7-9-17-8-6-10-18(16-17)24-2;/h4-6,8,10,13-14,16H,3,7,9,11-12,15H2,1-2H3,(H2,20,21,22);1H. The molecule has 6 heteroatoms. The molecule has 0 radical (unpaired) electrons. The Kier molecular flexibility index (Phi) is 10.8. The van der Waals surface area contributed by atoms with Crippen molar-refractivity contribution in [2.45, 2.75) is 26.3 Å². The number of rotatable bonds is 9. The lowest BCUT2D eigenvalue weighted by molar-refractivity contribution is 0.414. The largest absolute Gasteiger partial charge is 0.497 e. The minimum Gasteiger partial charge on any atom is -0.497 e. The van der Waals surface area contributed by atoms with Crippen molar-refractivity contribution in [3.05, 3.63) is 54.4 Å². The maximum absolute atomic E-state index is 5.26. The van der Waals surface area contributed by atoms with E-state index in [9.17, 15) is 0 Å². The molecule has 0 spiro atoms. The molecule has 0 aliphatic carbocycles. The lowest BCUT2D eigenvalue weighted by Gasteiger charge is -2.11. The first-order valence-electron chi connectivity index (χ1n) is 8.57. The summed E-state index contributed by atoms with van der Waals surface area (Å²) in [7, 11) is 1.70. The number of nitrogens with one attached hydrogen (secondary N) is 2. The average Bonchev–Trinajstić information content (AvgIpc) is 3.12. The molecule has 2 aromatic rings. The summed E-state index contributed by atoms with van der Waals surface area (Å²) in [5.74, 6) is 1.80. The second kappa shape index (κ2) is 12.6. The number of hydrogen-bond donors (Lipinski definition) is 2. The van der Waals surface area contributed by atoms with Crippen LogP contribution in [-0.4, -0.2) is 37.3 Å². The van der Waals surface area contributed by atoms with Crippen molar-refractivity contribution in [2.75, 3.05) is 26.7 Å². The van der Waals surface area contributed by atoms with Gasteiger partial charge >= 0.3 is 0 Å². The van der Waals surface area contributed by atoms with Gasteiger partial charge in [-0.15, -0.1) is 24.0 Å². The second-order valence-electron chi connectivity index (χ2n) is 5.56. The van der Waals surface area contributed by atoms with Crippen LogP contribution >= 0.6 is 24.0 Å². The number of hydrogen-bond acceptors (Lipinski definition) is 2. The van der Waals surface area contributed by atoms with E-state index in [1.54, 1.807) is 7.11 Å². The Morgan fingerprint density at radius 1 is 1.16 bits per heavy atom. The van der Waals surface area contributed by atoms with Gasteiger partial charge in [-0.05, 0) is 49.6 Å². The number of aromatic nitrogens is 1. The summed E-state index contributed by atoms with van der Waals surface area (Å²) >= 11 is 0. The molecule has 0 saturated heterocycles. The molecule has 2 rings (SSSR count). The van der Waals surface area contributed by atoms with Crippen molar-refractivity contribution in [1.29, 1.82) is 0 Å². The number of ether oxygens (including phenoxy) is 1. The first-order valence-corrected chi connectivity index (χ1v) is 8.57. The Morgan fingerprint density at radius 2 is 1.96 bits per heavy atom. The predicted octanol–water partition coefficient (Wildman–Crippen LogP) is 3.30.